The number of hydrogen-bond acceptors (Lipinski definition) is 6. The summed E-state index contributed by atoms with van der Waals surface area (Å²) in [5, 5.41) is 12.7. The molecule has 0 spiro atoms. The third kappa shape index (κ3) is 4.77. The number of methoxy groups -OCH3 is 1. The minimum atomic E-state index is -1.58. The van der Waals surface area contributed by atoms with Gasteiger partial charge in [-0.15, -0.1) is 0 Å². The van der Waals surface area contributed by atoms with E-state index < -0.39 is 29.9 Å². The number of fused-ring (bicyclic) bond motifs is 1. The Kier molecular flexibility index (Phi) is 7.03. The van der Waals surface area contributed by atoms with Crippen molar-refractivity contribution in [3.63, 3.8) is 0 Å². The highest BCUT2D eigenvalue weighted by atomic mass is 19.1. The summed E-state index contributed by atoms with van der Waals surface area (Å²) in [7, 11) is 1.41. The minimum absolute atomic E-state index is 0.0168. The second-order valence-electron chi connectivity index (χ2n) is 8.28. The smallest absolute Gasteiger partial charge is 0.255 e. The first-order chi connectivity index (χ1) is 17.4. The van der Waals surface area contributed by atoms with Crippen LogP contribution in [0.15, 0.2) is 42.6 Å². The summed E-state index contributed by atoms with van der Waals surface area (Å²) in [6.07, 6.45) is 0.405. The zero-order valence-corrected chi connectivity index (χ0v) is 19.7. The summed E-state index contributed by atoms with van der Waals surface area (Å²) in [4.78, 5) is 28.2. The van der Waals surface area contributed by atoms with Gasteiger partial charge in [-0.3, -0.25) is 9.59 Å². The SMILES string of the molecule is CC[C@@H]1[C@H](F)C(=O)N[C@@H]1COc1ncc(C#Cc2ccc(C#N)cc2)c2cc(C(N)=O)c(OC)cc12. The lowest BCUT2D eigenvalue weighted by atomic mass is 9.97. The highest BCUT2D eigenvalue weighted by Crippen LogP contribution is 2.33. The Morgan fingerprint density at radius 3 is 2.56 bits per heavy atom. The molecule has 182 valence electrons. The van der Waals surface area contributed by atoms with Gasteiger partial charge >= 0.3 is 0 Å². The van der Waals surface area contributed by atoms with E-state index >= 15 is 0 Å². The van der Waals surface area contributed by atoms with Crippen LogP contribution >= 0.6 is 0 Å². The Labute approximate surface area is 207 Å². The number of nitrogens with two attached hydrogens (primary N) is 1. The van der Waals surface area contributed by atoms with Crippen molar-refractivity contribution in [2.45, 2.75) is 25.6 Å². The molecule has 1 aliphatic heterocycles. The van der Waals surface area contributed by atoms with Crippen molar-refractivity contribution in [1.29, 1.82) is 5.26 Å². The van der Waals surface area contributed by atoms with Gasteiger partial charge in [-0.05, 0) is 42.8 Å². The number of carbonyl (C=O) groups is 2. The summed E-state index contributed by atoms with van der Waals surface area (Å²) in [5.41, 5.74) is 7.44. The number of aromatic nitrogens is 1. The molecule has 3 aromatic rings. The normalized spacial score (nSPS) is 18.6. The Morgan fingerprint density at radius 2 is 1.92 bits per heavy atom. The summed E-state index contributed by atoms with van der Waals surface area (Å²) < 4.78 is 25.5. The lowest BCUT2D eigenvalue weighted by Crippen LogP contribution is -2.34. The van der Waals surface area contributed by atoms with Gasteiger partial charge in [0.05, 0.1) is 35.9 Å². The molecule has 4 rings (SSSR count). The van der Waals surface area contributed by atoms with Crippen LogP contribution in [0.1, 0.15) is 40.4 Å². The van der Waals surface area contributed by atoms with Crippen molar-refractivity contribution < 1.29 is 23.5 Å². The molecule has 2 heterocycles. The standard InChI is InChI=1S/C27H23FN4O4/c1-3-18-22(32-26(34)24(18)28)14-36-27-20-11-23(35-2)21(25(30)33)10-19(20)17(13-31-27)9-8-15-4-6-16(12-29)7-5-15/h4-7,10-11,13,18,22,24H,3,14H2,1-2H3,(H2,30,33)(H,32,34)/t18-,22+,24-/m0/s1. The summed E-state index contributed by atoms with van der Waals surface area (Å²) in [6, 6.07) is 11.5. The molecule has 0 aliphatic carbocycles. The molecule has 0 saturated carbocycles. The average molecular weight is 487 g/mol. The third-order valence-electron chi connectivity index (χ3n) is 6.13. The molecule has 36 heavy (non-hydrogen) atoms. The first kappa shape index (κ1) is 24.5. The number of alkyl halides is 1. The van der Waals surface area contributed by atoms with Gasteiger partial charge in [-0.2, -0.15) is 5.26 Å². The molecule has 3 atom stereocenters. The van der Waals surface area contributed by atoms with Gasteiger partial charge in [-0.25, -0.2) is 9.37 Å². The predicted molar refractivity (Wildman–Crippen MR) is 130 cm³/mol. The topological polar surface area (TPSA) is 127 Å². The van der Waals surface area contributed by atoms with Gasteiger partial charge in [0.25, 0.3) is 11.8 Å². The molecule has 1 saturated heterocycles. The predicted octanol–water partition coefficient (Wildman–Crippen LogP) is 2.86. The van der Waals surface area contributed by atoms with E-state index in [1.165, 1.54) is 13.3 Å². The van der Waals surface area contributed by atoms with Crippen LogP contribution in [0.2, 0.25) is 0 Å². The van der Waals surface area contributed by atoms with Crippen molar-refractivity contribution in [3.05, 3.63) is 64.8 Å². The van der Waals surface area contributed by atoms with E-state index in [1.807, 2.05) is 6.92 Å². The second kappa shape index (κ2) is 10.3. The number of nitrogens with one attached hydrogen (secondary N) is 1. The number of rotatable bonds is 6. The van der Waals surface area contributed by atoms with Gasteiger partial charge in [0.2, 0.25) is 5.88 Å². The quantitative estimate of drug-likeness (QED) is 0.516. The van der Waals surface area contributed by atoms with Crippen molar-refractivity contribution in [3.8, 4) is 29.5 Å². The molecule has 2 amide bonds. The van der Waals surface area contributed by atoms with E-state index in [2.05, 4.69) is 28.2 Å². The van der Waals surface area contributed by atoms with E-state index in [0.717, 1.165) is 0 Å². The molecule has 3 N–H and O–H groups in total. The van der Waals surface area contributed by atoms with Gasteiger partial charge in [0, 0.05) is 28.5 Å². The fourth-order valence-corrected chi connectivity index (χ4v) is 4.18. The summed E-state index contributed by atoms with van der Waals surface area (Å²) >= 11 is 0. The van der Waals surface area contributed by atoms with E-state index in [4.69, 9.17) is 20.5 Å². The number of benzene rings is 2. The Bertz CT molecular complexity index is 1440. The monoisotopic (exact) mass is 486 g/mol. The fraction of sp³-hybridized carbons (Fsp3) is 0.259. The Hall–Kier alpha value is -4.63. The zero-order chi connectivity index (χ0) is 25.8. The maximum atomic E-state index is 14.2. The van der Waals surface area contributed by atoms with Gasteiger partial charge in [0.1, 0.15) is 12.4 Å². The third-order valence-corrected chi connectivity index (χ3v) is 6.13. The molecular formula is C27H23FN4O4. The number of ether oxygens (including phenoxy) is 2. The van der Waals surface area contributed by atoms with E-state index in [0.29, 0.717) is 33.9 Å². The fourth-order valence-electron chi connectivity index (χ4n) is 4.18. The number of halogens is 1. The summed E-state index contributed by atoms with van der Waals surface area (Å²) in [5.74, 6) is 4.71. The first-order valence-corrected chi connectivity index (χ1v) is 11.3. The number of hydrogen-bond donors (Lipinski definition) is 2. The van der Waals surface area contributed by atoms with Gasteiger partial charge in [-0.1, -0.05) is 18.8 Å². The molecule has 0 bridgehead atoms. The number of nitriles is 1. The Balaban J connectivity index is 1.74. The van der Waals surface area contributed by atoms with Crippen molar-refractivity contribution in [2.75, 3.05) is 13.7 Å². The van der Waals surface area contributed by atoms with E-state index in [-0.39, 0.29) is 23.8 Å². The number of primary amides is 1. The minimum Gasteiger partial charge on any atom is -0.496 e. The van der Waals surface area contributed by atoms with Crippen LogP contribution in [-0.2, 0) is 4.79 Å². The van der Waals surface area contributed by atoms with Crippen LogP contribution in [0.3, 0.4) is 0 Å². The van der Waals surface area contributed by atoms with E-state index in [1.54, 1.807) is 36.4 Å². The molecule has 9 heteroatoms. The number of pyridine rings is 1. The van der Waals surface area contributed by atoms with Crippen LogP contribution in [0.4, 0.5) is 4.39 Å². The molecule has 0 radical (unpaired) electrons. The van der Waals surface area contributed by atoms with Crippen LogP contribution in [0.25, 0.3) is 10.8 Å². The lowest BCUT2D eigenvalue weighted by molar-refractivity contribution is -0.123. The highest BCUT2D eigenvalue weighted by Gasteiger charge is 2.41. The average Bonchev–Trinajstić information content (AvgIpc) is 3.17. The lowest BCUT2D eigenvalue weighted by Gasteiger charge is -2.19. The molecular weight excluding hydrogens is 463 g/mol. The van der Waals surface area contributed by atoms with Crippen LogP contribution < -0.4 is 20.5 Å². The highest BCUT2D eigenvalue weighted by molar-refractivity contribution is 6.03. The number of amides is 2. The molecule has 1 aliphatic rings. The van der Waals surface area contributed by atoms with Crippen molar-refractivity contribution in [1.82, 2.24) is 10.3 Å². The van der Waals surface area contributed by atoms with Crippen molar-refractivity contribution in [2.24, 2.45) is 11.7 Å². The maximum Gasteiger partial charge on any atom is 0.255 e. The zero-order valence-electron chi connectivity index (χ0n) is 19.7. The molecule has 0 unspecified atom stereocenters. The van der Waals surface area contributed by atoms with Crippen LogP contribution in [0, 0.1) is 29.1 Å². The molecule has 8 nitrogen and oxygen atoms in total. The molecule has 2 aromatic carbocycles. The molecule has 1 aromatic heterocycles. The van der Waals surface area contributed by atoms with E-state index in [9.17, 15) is 14.0 Å². The van der Waals surface area contributed by atoms with Gasteiger partial charge < -0.3 is 20.5 Å². The van der Waals surface area contributed by atoms with Crippen LogP contribution in [-0.4, -0.2) is 42.7 Å². The number of nitrogens with zero attached hydrogens (tertiary/aromatic N) is 2. The largest absolute Gasteiger partial charge is 0.496 e. The van der Waals surface area contributed by atoms with Crippen molar-refractivity contribution >= 4 is 22.6 Å². The Morgan fingerprint density at radius 1 is 1.19 bits per heavy atom. The van der Waals surface area contributed by atoms with Gasteiger partial charge in [0.15, 0.2) is 6.17 Å². The molecule has 1 fully saturated rings. The number of carbonyl (C=O) groups excluding carboxylic acids is 2. The first-order valence-electron chi connectivity index (χ1n) is 11.3. The summed E-state index contributed by atoms with van der Waals surface area (Å²) in [6.45, 7) is 1.83. The second-order valence-corrected chi connectivity index (χ2v) is 8.28. The van der Waals surface area contributed by atoms with Crippen LogP contribution in [0.5, 0.6) is 11.6 Å². The maximum absolute atomic E-state index is 14.2.